The zero-order chi connectivity index (χ0) is 17.4. The highest BCUT2D eigenvalue weighted by Gasteiger charge is 2.06. The van der Waals surface area contributed by atoms with Gasteiger partial charge in [0.25, 0.3) is 0 Å². The van der Waals surface area contributed by atoms with Crippen LogP contribution >= 0.6 is 0 Å². The molecule has 0 fully saturated rings. The third-order valence-corrected chi connectivity index (χ3v) is 4.68. The Hall–Kier alpha value is -3.01. The van der Waals surface area contributed by atoms with Crippen molar-refractivity contribution in [3.63, 3.8) is 0 Å². The number of oxazole rings is 1. The number of fused-ring (bicyclic) bond motifs is 1. The molecular formula is C21H21N3O. The fourth-order valence-corrected chi connectivity index (χ4v) is 3.06. The van der Waals surface area contributed by atoms with Crippen molar-refractivity contribution < 1.29 is 4.42 Å². The molecule has 0 aliphatic rings. The van der Waals surface area contributed by atoms with Gasteiger partial charge in [0.05, 0.1) is 6.54 Å². The van der Waals surface area contributed by atoms with E-state index in [1.54, 1.807) is 6.26 Å². The molecule has 4 rings (SSSR count). The third-order valence-electron chi connectivity index (χ3n) is 4.68. The molecule has 0 spiro atoms. The summed E-state index contributed by atoms with van der Waals surface area (Å²) in [7, 11) is 0. The average Bonchev–Trinajstić information content (AvgIpc) is 3.23. The monoisotopic (exact) mass is 331 g/mol. The molecule has 2 aromatic carbocycles. The van der Waals surface area contributed by atoms with Crippen molar-refractivity contribution >= 4 is 16.6 Å². The summed E-state index contributed by atoms with van der Waals surface area (Å²) in [6, 6.07) is 14.8. The first-order chi connectivity index (χ1) is 12.1. The summed E-state index contributed by atoms with van der Waals surface area (Å²) in [5, 5.41) is 4.76. The van der Waals surface area contributed by atoms with Crippen LogP contribution in [-0.2, 0) is 6.54 Å². The molecule has 25 heavy (non-hydrogen) atoms. The van der Waals surface area contributed by atoms with Gasteiger partial charge in [0.2, 0.25) is 0 Å². The van der Waals surface area contributed by atoms with Gasteiger partial charge in [-0.25, -0.2) is 4.98 Å². The van der Waals surface area contributed by atoms with Crippen LogP contribution in [0.2, 0.25) is 0 Å². The number of nitrogens with zero attached hydrogens (tertiary/aromatic N) is 1. The zero-order valence-corrected chi connectivity index (χ0v) is 14.7. The average molecular weight is 331 g/mol. The first-order valence-electron chi connectivity index (χ1n) is 8.44. The van der Waals surface area contributed by atoms with Crippen LogP contribution in [0.1, 0.15) is 22.7 Å². The highest BCUT2D eigenvalue weighted by molar-refractivity contribution is 5.84. The Labute approximate surface area is 146 Å². The zero-order valence-electron chi connectivity index (χ0n) is 14.7. The smallest absolute Gasteiger partial charge is 0.191 e. The number of nitrogens with one attached hydrogen (secondary N) is 2. The van der Waals surface area contributed by atoms with Crippen LogP contribution in [0.5, 0.6) is 0 Å². The summed E-state index contributed by atoms with van der Waals surface area (Å²) in [4.78, 5) is 7.84. The Bertz CT molecular complexity index is 1030. The lowest BCUT2D eigenvalue weighted by atomic mass is 10.1. The van der Waals surface area contributed by atoms with Crippen LogP contribution in [0.3, 0.4) is 0 Å². The van der Waals surface area contributed by atoms with Gasteiger partial charge in [-0.3, -0.25) is 0 Å². The molecule has 0 unspecified atom stereocenters. The van der Waals surface area contributed by atoms with E-state index in [9.17, 15) is 0 Å². The van der Waals surface area contributed by atoms with E-state index in [0.29, 0.717) is 5.89 Å². The van der Waals surface area contributed by atoms with E-state index in [0.717, 1.165) is 23.5 Å². The molecule has 126 valence electrons. The lowest BCUT2D eigenvalue weighted by Crippen LogP contribution is -1.99. The molecule has 4 aromatic rings. The number of anilines is 1. The molecule has 0 radical (unpaired) electrons. The van der Waals surface area contributed by atoms with Crippen LogP contribution in [0.25, 0.3) is 22.2 Å². The summed E-state index contributed by atoms with van der Waals surface area (Å²) in [5.41, 5.74) is 8.04. The summed E-state index contributed by atoms with van der Waals surface area (Å²) in [6.45, 7) is 6.93. The first-order valence-corrected chi connectivity index (χ1v) is 8.44. The number of rotatable bonds is 4. The molecule has 0 amide bonds. The molecule has 2 aromatic heterocycles. The van der Waals surface area contributed by atoms with Crippen LogP contribution in [-0.4, -0.2) is 9.97 Å². The lowest BCUT2D eigenvalue weighted by Gasteiger charge is -2.05. The maximum Gasteiger partial charge on any atom is 0.191 e. The number of H-pyrrole nitrogens is 1. The Kier molecular flexibility index (Phi) is 3.80. The van der Waals surface area contributed by atoms with Crippen LogP contribution in [0.4, 0.5) is 5.69 Å². The number of hydrogen-bond donors (Lipinski definition) is 2. The number of hydrogen-bond acceptors (Lipinski definition) is 3. The van der Waals surface area contributed by atoms with Gasteiger partial charge in [-0.15, -0.1) is 0 Å². The SMILES string of the molecule is Cc1nc(-c2ccc(NCc3cc4c(C)c(C)ccc4[nH]3)cc2)co1. The first kappa shape index (κ1) is 15.5. The minimum atomic E-state index is 0.682. The van der Waals surface area contributed by atoms with E-state index in [1.807, 2.05) is 6.92 Å². The predicted octanol–water partition coefficient (Wildman–Crippen LogP) is 5.36. The van der Waals surface area contributed by atoms with Crippen LogP contribution < -0.4 is 5.32 Å². The van der Waals surface area contributed by atoms with E-state index < -0.39 is 0 Å². The summed E-state index contributed by atoms with van der Waals surface area (Å²) in [5.74, 6) is 0.682. The van der Waals surface area contributed by atoms with Crippen LogP contribution in [0.15, 0.2) is 53.1 Å². The van der Waals surface area contributed by atoms with Crippen molar-refractivity contribution in [3.05, 3.63) is 71.4 Å². The van der Waals surface area contributed by atoms with Gasteiger partial charge in [0.15, 0.2) is 5.89 Å². The van der Waals surface area contributed by atoms with Gasteiger partial charge < -0.3 is 14.7 Å². The van der Waals surface area contributed by atoms with Crippen molar-refractivity contribution in [1.82, 2.24) is 9.97 Å². The summed E-state index contributed by atoms with van der Waals surface area (Å²) < 4.78 is 5.27. The fraction of sp³-hybridized carbons (Fsp3) is 0.190. The maximum atomic E-state index is 5.27. The van der Waals surface area contributed by atoms with Gasteiger partial charge in [-0.05, 0) is 49.2 Å². The van der Waals surface area contributed by atoms with Crippen molar-refractivity contribution in [2.45, 2.75) is 27.3 Å². The van der Waals surface area contributed by atoms with E-state index in [2.05, 4.69) is 71.6 Å². The Morgan fingerprint density at radius 3 is 2.56 bits per heavy atom. The normalized spacial score (nSPS) is 11.2. The van der Waals surface area contributed by atoms with Crippen molar-refractivity contribution in [3.8, 4) is 11.3 Å². The second-order valence-electron chi connectivity index (χ2n) is 6.45. The third kappa shape index (κ3) is 3.03. The topological polar surface area (TPSA) is 53.9 Å². The standard InChI is InChI=1S/C21H21N3O/c1-13-4-9-20-19(14(13)2)10-18(24-20)11-22-17-7-5-16(6-8-17)21-12-25-15(3)23-21/h4-10,12,22,24H,11H2,1-3H3. The highest BCUT2D eigenvalue weighted by atomic mass is 16.3. The van der Waals surface area contributed by atoms with Crippen molar-refractivity contribution in [1.29, 1.82) is 0 Å². The van der Waals surface area contributed by atoms with E-state index in [4.69, 9.17) is 4.42 Å². The fourth-order valence-electron chi connectivity index (χ4n) is 3.06. The number of aromatic nitrogens is 2. The quantitative estimate of drug-likeness (QED) is 0.529. The highest BCUT2D eigenvalue weighted by Crippen LogP contribution is 2.24. The summed E-state index contributed by atoms with van der Waals surface area (Å²) in [6.07, 6.45) is 1.69. The Balaban J connectivity index is 1.49. The molecule has 0 bridgehead atoms. The van der Waals surface area contributed by atoms with Crippen molar-refractivity contribution in [2.75, 3.05) is 5.32 Å². The molecule has 0 saturated heterocycles. The molecule has 4 heteroatoms. The van der Waals surface area contributed by atoms with E-state index >= 15 is 0 Å². The molecular weight excluding hydrogens is 310 g/mol. The predicted molar refractivity (Wildman–Crippen MR) is 102 cm³/mol. The molecule has 0 atom stereocenters. The molecule has 0 aliphatic heterocycles. The molecule has 4 nitrogen and oxygen atoms in total. The van der Waals surface area contributed by atoms with E-state index in [1.165, 1.54) is 27.7 Å². The number of aromatic amines is 1. The second kappa shape index (κ2) is 6.13. The lowest BCUT2D eigenvalue weighted by molar-refractivity contribution is 0.521. The largest absolute Gasteiger partial charge is 0.449 e. The molecule has 0 saturated carbocycles. The van der Waals surface area contributed by atoms with Gasteiger partial charge >= 0.3 is 0 Å². The minimum Gasteiger partial charge on any atom is -0.449 e. The van der Waals surface area contributed by atoms with Gasteiger partial charge in [-0.2, -0.15) is 0 Å². The number of aryl methyl sites for hydroxylation is 3. The van der Waals surface area contributed by atoms with Crippen molar-refractivity contribution in [2.24, 2.45) is 0 Å². The number of benzene rings is 2. The molecule has 2 heterocycles. The van der Waals surface area contributed by atoms with Gasteiger partial charge in [0, 0.05) is 34.8 Å². The minimum absolute atomic E-state index is 0.682. The Morgan fingerprint density at radius 1 is 1.04 bits per heavy atom. The maximum absolute atomic E-state index is 5.27. The molecule has 0 aliphatic carbocycles. The Morgan fingerprint density at radius 2 is 1.84 bits per heavy atom. The summed E-state index contributed by atoms with van der Waals surface area (Å²) >= 11 is 0. The molecule has 2 N–H and O–H groups in total. The van der Waals surface area contributed by atoms with E-state index in [-0.39, 0.29) is 0 Å². The van der Waals surface area contributed by atoms with Gasteiger partial charge in [-0.1, -0.05) is 18.2 Å². The second-order valence-corrected chi connectivity index (χ2v) is 6.45. The van der Waals surface area contributed by atoms with Gasteiger partial charge in [0.1, 0.15) is 12.0 Å². The van der Waals surface area contributed by atoms with Crippen LogP contribution in [0, 0.1) is 20.8 Å².